The van der Waals surface area contributed by atoms with E-state index in [1.807, 2.05) is 0 Å². The number of anilines is 1. The van der Waals surface area contributed by atoms with E-state index in [1.54, 1.807) is 0 Å². The second kappa shape index (κ2) is 4.74. The molecule has 3 heterocycles. The van der Waals surface area contributed by atoms with Gasteiger partial charge in [-0.1, -0.05) is 6.07 Å². The molecule has 4 heteroatoms. The maximum atomic E-state index is 4.97. The maximum Gasteiger partial charge on any atom is 0.153 e. The molecule has 1 saturated heterocycles. The van der Waals surface area contributed by atoms with Crippen molar-refractivity contribution in [2.75, 3.05) is 38.1 Å². The van der Waals surface area contributed by atoms with Gasteiger partial charge in [-0.2, -0.15) is 0 Å². The van der Waals surface area contributed by atoms with Crippen molar-refractivity contribution in [1.29, 1.82) is 0 Å². The Labute approximate surface area is 124 Å². The summed E-state index contributed by atoms with van der Waals surface area (Å²) in [6.07, 6.45) is 2.13. The first-order valence-electron chi connectivity index (χ1n) is 7.53. The largest absolute Gasteiger partial charge is 0.352 e. The van der Waals surface area contributed by atoms with E-state index in [-0.39, 0.29) is 0 Å². The second-order valence-corrected chi connectivity index (χ2v) is 5.98. The molecule has 0 saturated carbocycles. The number of hydrogen-bond acceptors (Lipinski definition) is 3. The Balaban J connectivity index is 1.92. The Kier molecular flexibility index (Phi) is 2.86. The first-order valence-corrected chi connectivity index (χ1v) is 7.53. The van der Waals surface area contributed by atoms with Gasteiger partial charge in [0.05, 0.1) is 16.6 Å². The first kappa shape index (κ1) is 12.7. The molecule has 1 aliphatic heterocycles. The smallest absolute Gasteiger partial charge is 0.153 e. The summed E-state index contributed by atoms with van der Waals surface area (Å²) in [5.41, 5.74) is 4.72. The van der Waals surface area contributed by atoms with Gasteiger partial charge in [0.1, 0.15) is 0 Å². The van der Waals surface area contributed by atoms with Gasteiger partial charge in [-0.3, -0.25) is 0 Å². The highest BCUT2D eigenvalue weighted by Gasteiger charge is 2.19. The summed E-state index contributed by atoms with van der Waals surface area (Å²) in [6, 6.07) is 10.8. The fourth-order valence-corrected chi connectivity index (χ4v) is 3.12. The third-order valence-corrected chi connectivity index (χ3v) is 4.40. The summed E-state index contributed by atoms with van der Waals surface area (Å²) >= 11 is 0. The maximum absolute atomic E-state index is 4.97. The van der Waals surface area contributed by atoms with Crippen molar-refractivity contribution in [3.05, 3.63) is 42.1 Å². The van der Waals surface area contributed by atoms with E-state index in [0.29, 0.717) is 0 Å². The van der Waals surface area contributed by atoms with Crippen LogP contribution >= 0.6 is 0 Å². The Hall–Kier alpha value is -2.07. The molecule has 1 aliphatic rings. The average molecular weight is 280 g/mol. The molecule has 0 spiro atoms. The van der Waals surface area contributed by atoms with Crippen LogP contribution in [0.15, 0.2) is 36.5 Å². The Morgan fingerprint density at radius 1 is 1.00 bits per heavy atom. The van der Waals surface area contributed by atoms with Crippen molar-refractivity contribution < 1.29 is 0 Å². The Morgan fingerprint density at radius 2 is 1.81 bits per heavy atom. The molecule has 1 fully saturated rings. The first-order chi connectivity index (χ1) is 10.2. The minimum Gasteiger partial charge on any atom is -0.352 e. The predicted octanol–water partition coefficient (Wildman–Crippen LogP) is 2.55. The van der Waals surface area contributed by atoms with Crippen LogP contribution in [0.1, 0.15) is 5.56 Å². The summed E-state index contributed by atoms with van der Waals surface area (Å²) in [5.74, 6) is 1.12. The topological polar surface area (TPSA) is 23.8 Å². The van der Waals surface area contributed by atoms with Crippen LogP contribution in [0.5, 0.6) is 0 Å². The number of aromatic nitrogens is 2. The van der Waals surface area contributed by atoms with Crippen LogP contribution in [0.2, 0.25) is 0 Å². The fraction of sp³-hybridized carbons (Fsp3) is 0.353. The number of likely N-dealkylation sites (N-methyl/N-ethyl adjacent to an activating group) is 1. The summed E-state index contributed by atoms with van der Waals surface area (Å²) in [4.78, 5) is 9.76. The third kappa shape index (κ3) is 2.07. The molecule has 0 bridgehead atoms. The number of piperazine rings is 1. The van der Waals surface area contributed by atoms with Crippen molar-refractivity contribution in [1.82, 2.24) is 14.3 Å². The number of hydrogen-bond donors (Lipinski definition) is 0. The van der Waals surface area contributed by atoms with Crippen LogP contribution in [-0.2, 0) is 0 Å². The van der Waals surface area contributed by atoms with Gasteiger partial charge in [-0.15, -0.1) is 0 Å². The number of fused-ring (bicyclic) bond motifs is 3. The molecule has 21 heavy (non-hydrogen) atoms. The van der Waals surface area contributed by atoms with Gasteiger partial charge in [0.2, 0.25) is 0 Å². The van der Waals surface area contributed by atoms with E-state index in [4.69, 9.17) is 4.98 Å². The minimum absolute atomic E-state index is 1.04. The zero-order valence-electron chi connectivity index (χ0n) is 12.6. The van der Waals surface area contributed by atoms with E-state index in [0.717, 1.165) is 37.5 Å². The summed E-state index contributed by atoms with van der Waals surface area (Å²) < 4.78 is 2.26. The van der Waals surface area contributed by atoms with Gasteiger partial charge in [-0.05, 0) is 43.8 Å². The van der Waals surface area contributed by atoms with Crippen molar-refractivity contribution in [2.45, 2.75) is 6.92 Å². The quantitative estimate of drug-likeness (QED) is 0.684. The van der Waals surface area contributed by atoms with E-state index in [9.17, 15) is 0 Å². The van der Waals surface area contributed by atoms with E-state index in [1.165, 1.54) is 16.6 Å². The zero-order chi connectivity index (χ0) is 14.4. The van der Waals surface area contributed by atoms with Crippen LogP contribution in [0.4, 0.5) is 5.82 Å². The molecule has 4 nitrogen and oxygen atoms in total. The molecule has 1 aromatic carbocycles. The molecular formula is C17H20N4. The second-order valence-electron chi connectivity index (χ2n) is 5.98. The summed E-state index contributed by atoms with van der Waals surface area (Å²) in [7, 11) is 2.18. The van der Waals surface area contributed by atoms with E-state index in [2.05, 4.69) is 64.7 Å². The van der Waals surface area contributed by atoms with Crippen LogP contribution in [0, 0.1) is 6.92 Å². The van der Waals surface area contributed by atoms with Crippen LogP contribution in [-0.4, -0.2) is 47.5 Å². The predicted molar refractivity (Wildman–Crippen MR) is 87.1 cm³/mol. The monoisotopic (exact) mass is 280 g/mol. The summed E-state index contributed by atoms with van der Waals surface area (Å²) in [6.45, 7) is 6.40. The van der Waals surface area contributed by atoms with Crippen molar-refractivity contribution in [3.8, 4) is 0 Å². The molecule has 0 amide bonds. The van der Waals surface area contributed by atoms with Crippen LogP contribution in [0.3, 0.4) is 0 Å². The number of rotatable bonds is 1. The minimum atomic E-state index is 1.04. The van der Waals surface area contributed by atoms with Gasteiger partial charge >= 0.3 is 0 Å². The highest BCUT2D eigenvalue weighted by Crippen LogP contribution is 2.26. The molecule has 2 aromatic heterocycles. The lowest BCUT2D eigenvalue weighted by Crippen LogP contribution is -2.45. The number of nitrogens with zero attached hydrogens (tertiary/aromatic N) is 4. The molecule has 4 rings (SSSR count). The van der Waals surface area contributed by atoms with Gasteiger partial charge in [0, 0.05) is 32.4 Å². The highest BCUT2D eigenvalue weighted by atomic mass is 15.3. The molecule has 0 aliphatic carbocycles. The molecule has 0 atom stereocenters. The standard InChI is InChI=1S/C17H20N4/c1-13-5-6-15-14(12-13)18-17(16-4-3-7-21(15)16)20-10-8-19(2)9-11-20/h3-7,12H,8-11H2,1-2H3. The van der Waals surface area contributed by atoms with Gasteiger partial charge in [-0.25, -0.2) is 4.98 Å². The van der Waals surface area contributed by atoms with Gasteiger partial charge in [0.15, 0.2) is 5.82 Å². The lowest BCUT2D eigenvalue weighted by atomic mass is 10.2. The van der Waals surface area contributed by atoms with Gasteiger partial charge in [0.25, 0.3) is 0 Å². The SMILES string of the molecule is Cc1ccc2c(c1)nc(N1CCN(C)CC1)c1cccn12. The molecule has 3 aromatic rings. The Morgan fingerprint density at radius 3 is 2.62 bits per heavy atom. The molecule has 108 valence electrons. The molecule has 0 unspecified atom stereocenters. The van der Waals surface area contributed by atoms with Crippen LogP contribution < -0.4 is 4.90 Å². The highest BCUT2D eigenvalue weighted by molar-refractivity contribution is 5.85. The fourth-order valence-electron chi connectivity index (χ4n) is 3.12. The number of aryl methyl sites for hydroxylation is 1. The average Bonchev–Trinajstić information content (AvgIpc) is 2.96. The lowest BCUT2D eigenvalue weighted by molar-refractivity contribution is 0.312. The van der Waals surface area contributed by atoms with Crippen LogP contribution in [0.25, 0.3) is 16.6 Å². The van der Waals surface area contributed by atoms with Gasteiger partial charge < -0.3 is 14.2 Å². The Bertz CT molecular complexity index is 797. The summed E-state index contributed by atoms with van der Waals surface area (Å²) in [5, 5.41) is 0. The molecular weight excluding hydrogens is 260 g/mol. The lowest BCUT2D eigenvalue weighted by Gasteiger charge is -2.33. The molecule has 0 radical (unpaired) electrons. The van der Waals surface area contributed by atoms with Crippen molar-refractivity contribution in [3.63, 3.8) is 0 Å². The normalized spacial score (nSPS) is 17.0. The third-order valence-electron chi connectivity index (χ3n) is 4.40. The zero-order valence-corrected chi connectivity index (χ0v) is 12.6. The van der Waals surface area contributed by atoms with E-state index < -0.39 is 0 Å². The number of benzene rings is 1. The van der Waals surface area contributed by atoms with Crippen molar-refractivity contribution >= 4 is 22.4 Å². The van der Waals surface area contributed by atoms with E-state index >= 15 is 0 Å². The van der Waals surface area contributed by atoms with Crippen molar-refractivity contribution in [2.24, 2.45) is 0 Å². The molecule has 0 N–H and O–H groups in total.